The number of rotatable bonds is 5. The molecule has 23 heavy (non-hydrogen) atoms. The molecule has 0 fully saturated rings. The minimum Gasteiger partial charge on any atom is -0.497 e. The number of aromatic amines is 1. The van der Waals surface area contributed by atoms with Crippen LogP contribution in [0.4, 0.5) is 0 Å². The highest BCUT2D eigenvalue weighted by atomic mass is 16.5. The van der Waals surface area contributed by atoms with Gasteiger partial charge in [0.05, 0.1) is 7.11 Å². The van der Waals surface area contributed by atoms with Crippen molar-refractivity contribution in [2.75, 3.05) is 7.11 Å². The molecule has 0 aliphatic rings. The molecule has 2 aromatic carbocycles. The van der Waals surface area contributed by atoms with E-state index in [2.05, 4.69) is 10.4 Å². The zero-order valence-electron chi connectivity index (χ0n) is 12.6. The molecule has 6 heteroatoms. The van der Waals surface area contributed by atoms with E-state index in [1.807, 2.05) is 36.4 Å². The van der Waals surface area contributed by atoms with Crippen molar-refractivity contribution in [3.63, 3.8) is 0 Å². The van der Waals surface area contributed by atoms with Gasteiger partial charge in [-0.1, -0.05) is 24.3 Å². The average Bonchev–Trinajstić information content (AvgIpc) is 2.94. The highest BCUT2D eigenvalue weighted by Crippen LogP contribution is 2.36. The molecule has 0 saturated heterocycles. The molecule has 0 amide bonds. The molecule has 1 heterocycles. The third-order valence-electron chi connectivity index (χ3n) is 3.80. The fourth-order valence-electron chi connectivity index (χ4n) is 2.77. The summed E-state index contributed by atoms with van der Waals surface area (Å²) < 4.78 is 5.27. The molecular weight excluding hydrogens is 294 g/mol. The summed E-state index contributed by atoms with van der Waals surface area (Å²) in [6, 6.07) is 13.0. The smallest absolute Gasteiger partial charge is 0.352 e. The van der Waals surface area contributed by atoms with Crippen molar-refractivity contribution in [3.05, 3.63) is 53.7 Å². The number of methoxy groups -OCH3 is 1. The summed E-state index contributed by atoms with van der Waals surface area (Å²) in [5, 5.41) is 10.4. The Morgan fingerprint density at radius 2 is 2.09 bits per heavy atom. The molecule has 0 aliphatic carbocycles. The standard InChI is InChI=1S/C17H17N3O3/c1-23-11-6-7-14-13(8-11)15(16(20-14)17(21)22)12-5-3-2-4-10(12)9-19-18/h2-8,19-20H,9,18H2,1H3,(H,21,22). The van der Waals surface area contributed by atoms with Crippen molar-refractivity contribution in [2.45, 2.75) is 6.54 Å². The highest BCUT2D eigenvalue weighted by Gasteiger charge is 2.20. The lowest BCUT2D eigenvalue weighted by atomic mass is 9.96. The van der Waals surface area contributed by atoms with Crippen LogP contribution >= 0.6 is 0 Å². The molecule has 0 atom stereocenters. The van der Waals surface area contributed by atoms with Gasteiger partial charge in [0.15, 0.2) is 0 Å². The fraction of sp³-hybridized carbons (Fsp3) is 0.118. The van der Waals surface area contributed by atoms with E-state index in [1.54, 1.807) is 13.2 Å². The van der Waals surface area contributed by atoms with E-state index in [4.69, 9.17) is 10.6 Å². The summed E-state index contributed by atoms with van der Waals surface area (Å²) in [7, 11) is 1.58. The summed E-state index contributed by atoms with van der Waals surface area (Å²) in [6.07, 6.45) is 0. The second-order valence-corrected chi connectivity index (χ2v) is 5.13. The predicted octanol–water partition coefficient (Wildman–Crippen LogP) is 2.50. The van der Waals surface area contributed by atoms with E-state index in [1.165, 1.54) is 0 Å². The van der Waals surface area contributed by atoms with E-state index in [-0.39, 0.29) is 5.69 Å². The number of hydrogen-bond acceptors (Lipinski definition) is 4. The fourth-order valence-corrected chi connectivity index (χ4v) is 2.77. The van der Waals surface area contributed by atoms with Crippen molar-refractivity contribution in [1.29, 1.82) is 0 Å². The Morgan fingerprint density at radius 1 is 1.30 bits per heavy atom. The number of aromatic nitrogens is 1. The molecule has 0 spiro atoms. The summed E-state index contributed by atoms with van der Waals surface area (Å²) >= 11 is 0. The van der Waals surface area contributed by atoms with Gasteiger partial charge in [0.25, 0.3) is 0 Å². The number of hydrogen-bond donors (Lipinski definition) is 4. The van der Waals surface area contributed by atoms with E-state index in [0.717, 1.165) is 22.0 Å². The molecule has 1 aromatic heterocycles. The van der Waals surface area contributed by atoms with Gasteiger partial charge in [0.1, 0.15) is 11.4 Å². The third-order valence-corrected chi connectivity index (χ3v) is 3.80. The number of H-pyrrole nitrogens is 1. The van der Waals surface area contributed by atoms with Crippen LogP contribution in [-0.4, -0.2) is 23.2 Å². The molecule has 3 aromatic rings. The Labute approximate surface area is 132 Å². The largest absolute Gasteiger partial charge is 0.497 e. The summed E-state index contributed by atoms with van der Waals surface area (Å²) in [4.78, 5) is 14.7. The van der Waals surface area contributed by atoms with Crippen molar-refractivity contribution < 1.29 is 14.6 Å². The van der Waals surface area contributed by atoms with Crippen LogP contribution in [0.5, 0.6) is 5.75 Å². The second kappa shape index (κ2) is 6.12. The predicted molar refractivity (Wildman–Crippen MR) is 88.3 cm³/mol. The summed E-state index contributed by atoms with van der Waals surface area (Å²) in [5.41, 5.74) is 5.89. The second-order valence-electron chi connectivity index (χ2n) is 5.13. The zero-order valence-corrected chi connectivity index (χ0v) is 12.6. The number of ether oxygens (including phenoxy) is 1. The normalized spacial score (nSPS) is 10.9. The molecule has 118 valence electrons. The van der Waals surface area contributed by atoms with Crippen molar-refractivity contribution >= 4 is 16.9 Å². The first-order chi connectivity index (χ1) is 11.2. The molecule has 3 rings (SSSR count). The molecule has 0 bridgehead atoms. The number of carboxylic acid groups (broad SMARTS) is 1. The third kappa shape index (κ3) is 2.65. The Kier molecular flexibility index (Phi) is 4.01. The van der Waals surface area contributed by atoms with Crippen LogP contribution in [0.1, 0.15) is 16.1 Å². The maximum atomic E-state index is 11.7. The lowest BCUT2D eigenvalue weighted by Gasteiger charge is -2.10. The van der Waals surface area contributed by atoms with Gasteiger partial charge in [0, 0.05) is 23.0 Å². The van der Waals surface area contributed by atoms with Crippen LogP contribution in [0.3, 0.4) is 0 Å². The number of aromatic carboxylic acids is 1. The van der Waals surface area contributed by atoms with Crippen LogP contribution in [0.15, 0.2) is 42.5 Å². The van der Waals surface area contributed by atoms with Gasteiger partial charge in [-0.15, -0.1) is 0 Å². The van der Waals surface area contributed by atoms with Gasteiger partial charge >= 0.3 is 5.97 Å². The molecule has 5 N–H and O–H groups in total. The Morgan fingerprint density at radius 3 is 2.78 bits per heavy atom. The average molecular weight is 311 g/mol. The molecule has 0 unspecified atom stereocenters. The molecular formula is C17H17N3O3. The van der Waals surface area contributed by atoms with Crippen LogP contribution < -0.4 is 16.0 Å². The Bertz CT molecular complexity index is 871. The first kappa shape index (κ1) is 15.1. The van der Waals surface area contributed by atoms with Crippen LogP contribution in [0.2, 0.25) is 0 Å². The quantitative estimate of drug-likeness (QED) is 0.428. The number of carbonyl (C=O) groups is 1. The first-order valence-electron chi connectivity index (χ1n) is 7.10. The molecule has 0 radical (unpaired) electrons. The van der Waals surface area contributed by atoms with Gasteiger partial charge < -0.3 is 14.8 Å². The summed E-state index contributed by atoms with van der Waals surface area (Å²) in [5.74, 6) is 5.11. The topological polar surface area (TPSA) is 100 Å². The number of nitrogens with one attached hydrogen (secondary N) is 2. The summed E-state index contributed by atoms with van der Waals surface area (Å²) in [6.45, 7) is 0.436. The number of benzene rings is 2. The van der Waals surface area contributed by atoms with Gasteiger partial charge in [-0.3, -0.25) is 11.3 Å². The Balaban J connectivity index is 2.34. The molecule has 6 nitrogen and oxygen atoms in total. The van der Waals surface area contributed by atoms with Crippen LogP contribution in [0, 0.1) is 0 Å². The van der Waals surface area contributed by atoms with E-state index in [9.17, 15) is 9.90 Å². The zero-order chi connectivity index (χ0) is 16.4. The number of fused-ring (bicyclic) bond motifs is 1. The van der Waals surface area contributed by atoms with E-state index < -0.39 is 5.97 Å². The number of hydrazine groups is 1. The monoisotopic (exact) mass is 311 g/mol. The van der Waals surface area contributed by atoms with E-state index in [0.29, 0.717) is 17.9 Å². The van der Waals surface area contributed by atoms with Crippen molar-refractivity contribution in [1.82, 2.24) is 10.4 Å². The SMILES string of the molecule is COc1ccc2[nH]c(C(=O)O)c(-c3ccccc3CNN)c2c1. The van der Waals surface area contributed by atoms with Crippen LogP contribution in [-0.2, 0) is 6.54 Å². The van der Waals surface area contributed by atoms with Crippen LogP contribution in [0.25, 0.3) is 22.0 Å². The first-order valence-corrected chi connectivity index (χ1v) is 7.10. The van der Waals surface area contributed by atoms with Gasteiger partial charge in [0.2, 0.25) is 0 Å². The van der Waals surface area contributed by atoms with Gasteiger partial charge in [-0.25, -0.2) is 4.79 Å². The lowest BCUT2D eigenvalue weighted by Crippen LogP contribution is -2.21. The van der Waals surface area contributed by atoms with Gasteiger partial charge in [-0.05, 0) is 29.3 Å². The minimum atomic E-state index is -1.01. The van der Waals surface area contributed by atoms with Crippen molar-refractivity contribution in [2.24, 2.45) is 5.84 Å². The number of carboxylic acids is 1. The van der Waals surface area contributed by atoms with E-state index >= 15 is 0 Å². The minimum absolute atomic E-state index is 0.151. The molecule has 0 saturated carbocycles. The van der Waals surface area contributed by atoms with Crippen molar-refractivity contribution in [3.8, 4) is 16.9 Å². The van der Waals surface area contributed by atoms with Gasteiger partial charge in [-0.2, -0.15) is 0 Å². The Hall–Kier alpha value is -2.83. The highest BCUT2D eigenvalue weighted by molar-refractivity contribution is 6.08. The number of nitrogens with two attached hydrogens (primary N) is 1. The lowest BCUT2D eigenvalue weighted by molar-refractivity contribution is 0.0692. The maximum Gasteiger partial charge on any atom is 0.352 e. The molecule has 0 aliphatic heterocycles. The maximum absolute atomic E-state index is 11.7.